The predicted octanol–water partition coefficient (Wildman–Crippen LogP) is 1.34. The van der Waals surface area contributed by atoms with Crippen molar-refractivity contribution in [2.75, 3.05) is 44.7 Å². The second-order valence-electron chi connectivity index (χ2n) is 4.70. The van der Waals surface area contributed by atoms with E-state index in [4.69, 9.17) is 0 Å². The molecule has 0 atom stereocenters. The maximum absolute atomic E-state index is 12.0. The maximum Gasteiger partial charge on any atom is 0.222 e. The highest BCUT2D eigenvalue weighted by molar-refractivity contribution is 7.09. The quantitative estimate of drug-likeness (QED) is 0.807. The fraction of sp³-hybridized carbons (Fsp3) is 0.750. The van der Waals surface area contributed by atoms with Gasteiger partial charge in [-0.3, -0.25) is 4.79 Å². The second kappa shape index (κ2) is 10.2. The van der Waals surface area contributed by atoms with Gasteiger partial charge in [0.2, 0.25) is 11.0 Å². The summed E-state index contributed by atoms with van der Waals surface area (Å²) in [6.07, 6.45) is 1.55. The molecule has 122 valence electrons. The van der Waals surface area contributed by atoms with Gasteiger partial charge in [-0.2, -0.15) is 4.37 Å². The van der Waals surface area contributed by atoms with Crippen LogP contribution in [0.2, 0.25) is 0 Å². The second-order valence-corrected chi connectivity index (χ2v) is 5.43. The van der Waals surface area contributed by atoms with Crippen LogP contribution in [-0.2, 0) is 4.79 Å². The van der Waals surface area contributed by atoms with Crippen molar-refractivity contribution in [3.8, 4) is 0 Å². The Bertz CT molecular complexity index is 424. The van der Waals surface area contributed by atoms with E-state index in [0.717, 1.165) is 50.1 Å². The lowest BCUT2D eigenvalue weighted by atomic mass is 10.2. The summed E-state index contributed by atoms with van der Waals surface area (Å²) in [6, 6.07) is 0. The molecule has 1 saturated heterocycles. The van der Waals surface area contributed by atoms with Crippen LogP contribution in [0.4, 0.5) is 5.13 Å². The predicted molar refractivity (Wildman–Crippen MR) is 91.1 cm³/mol. The first-order chi connectivity index (χ1) is 9.20. The first-order valence-corrected chi connectivity index (χ1v) is 7.45. The number of aromatic nitrogens is 2. The molecule has 1 aromatic heterocycles. The number of anilines is 1. The lowest BCUT2D eigenvalue weighted by molar-refractivity contribution is -0.131. The minimum absolute atomic E-state index is 0. The molecule has 0 radical (unpaired) electrons. The number of hydrogen-bond acceptors (Lipinski definition) is 6. The van der Waals surface area contributed by atoms with E-state index in [-0.39, 0.29) is 30.7 Å². The number of carbonyl (C=O) groups excluding carboxylic acids is 1. The zero-order valence-corrected chi connectivity index (χ0v) is 14.8. The highest BCUT2D eigenvalue weighted by Crippen LogP contribution is 2.18. The number of nitrogens with one attached hydrogen (secondary N) is 1. The Kier molecular flexibility index (Phi) is 9.85. The van der Waals surface area contributed by atoms with Gasteiger partial charge in [-0.25, -0.2) is 4.98 Å². The molecule has 0 spiro atoms. The topological polar surface area (TPSA) is 61.4 Å². The summed E-state index contributed by atoms with van der Waals surface area (Å²) >= 11 is 1.44. The number of carbonyl (C=O) groups is 1. The van der Waals surface area contributed by atoms with E-state index in [0.29, 0.717) is 6.42 Å². The summed E-state index contributed by atoms with van der Waals surface area (Å²) in [4.78, 5) is 20.5. The van der Waals surface area contributed by atoms with Gasteiger partial charge in [0.05, 0.1) is 0 Å². The summed E-state index contributed by atoms with van der Waals surface area (Å²) in [7, 11) is 1.91. The summed E-state index contributed by atoms with van der Waals surface area (Å²) < 4.78 is 4.20. The third-order valence-corrected chi connectivity index (χ3v) is 4.11. The SMILES string of the molecule is CNCCCC(=O)N1CCN(c2nc(C)ns2)CC1.Cl.Cl. The molecule has 1 amide bonds. The van der Waals surface area contributed by atoms with Crippen LogP contribution in [0, 0.1) is 6.92 Å². The largest absolute Gasteiger partial charge is 0.343 e. The number of nitrogens with zero attached hydrogens (tertiary/aromatic N) is 4. The number of amides is 1. The lowest BCUT2D eigenvalue weighted by Gasteiger charge is -2.34. The van der Waals surface area contributed by atoms with Gasteiger partial charge in [0, 0.05) is 44.1 Å². The fourth-order valence-electron chi connectivity index (χ4n) is 2.14. The molecule has 0 bridgehead atoms. The Morgan fingerprint density at radius 2 is 1.95 bits per heavy atom. The number of aryl methyl sites for hydroxylation is 1. The average Bonchev–Trinajstić information content (AvgIpc) is 2.86. The van der Waals surface area contributed by atoms with E-state index in [9.17, 15) is 4.79 Å². The van der Waals surface area contributed by atoms with E-state index in [1.54, 1.807) is 0 Å². The molecular weight excluding hydrogens is 333 g/mol. The van der Waals surface area contributed by atoms with E-state index in [1.165, 1.54) is 11.5 Å². The third-order valence-electron chi connectivity index (χ3n) is 3.24. The highest BCUT2D eigenvalue weighted by Gasteiger charge is 2.22. The molecule has 9 heteroatoms. The minimum atomic E-state index is 0. The van der Waals surface area contributed by atoms with Gasteiger partial charge in [0.15, 0.2) is 0 Å². The van der Waals surface area contributed by atoms with Crippen LogP contribution < -0.4 is 10.2 Å². The molecule has 1 fully saturated rings. The standard InChI is InChI=1S/C12H21N5OS.2ClH/c1-10-14-12(19-15-10)17-8-6-16(7-9-17)11(18)4-3-5-13-2;;/h13H,3-9H2,1-2H3;2*1H. The average molecular weight is 356 g/mol. The highest BCUT2D eigenvalue weighted by atomic mass is 35.5. The van der Waals surface area contributed by atoms with Crippen molar-refractivity contribution >= 4 is 47.4 Å². The number of halogens is 2. The summed E-state index contributed by atoms with van der Waals surface area (Å²) in [5.41, 5.74) is 0. The molecule has 1 aromatic rings. The monoisotopic (exact) mass is 355 g/mol. The van der Waals surface area contributed by atoms with E-state index in [1.807, 2.05) is 18.9 Å². The van der Waals surface area contributed by atoms with Gasteiger partial charge in [0.25, 0.3) is 0 Å². The zero-order valence-electron chi connectivity index (χ0n) is 12.4. The summed E-state index contributed by atoms with van der Waals surface area (Å²) in [5.74, 6) is 1.09. The fourth-order valence-corrected chi connectivity index (χ4v) is 2.86. The zero-order chi connectivity index (χ0) is 13.7. The number of rotatable bonds is 5. The van der Waals surface area contributed by atoms with Crippen LogP contribution >= 0.6 is 36.3 Å². The van der Waals surface area contributed by atoms with Crippen molar-refractivity contribution in [2.45, 2.75) is 19.8 Å². The minimum Gasteiger partial charge on any atom is -0.343 e. The van der Waals surface area contributed by atoms with Crippen molar-refractivity contribution in [3.05, 3.63) is 5.82 Å². The Labute approximate surface area is 142 Å². The van der Waals surface area contributed by atoms with Crippen LogP contribution in [0.25, 0.3) is 0 Å². The number of hydrogen-bond donors (Lipinski definition) is 1. The Morgan fingerprint density at radius 1 is 1.29 bits per heavy atom. The van der Waals surface area contributed by atoms with Crippen LogP contribution in [-0.4, -0.2) is 59.9 Å². The smallest absolute Gasteiger partial charge is 0.222 e. The van der Waals surface area contributed by atoms with E-state index < -0.39 is 0 Å². The summed E-state index contributed by atoms with van der Waals surface area (Å²) in [5, 5.41) is 4.04. The molecule has 21 heavy (non-hydrogen) atoms. The van der Waals surface area contributed by atoms with Gasteiger partial charge in [-0.1, -0.05) is 0 Å². The van der Waals surface area contributed by atoms with Crippen molar-refractivity contribution in [1.29, 1.82) is 0 Å². The Balaban J connectivity index is 0.00000200. The molecule has 2 rings (SSSR count). The van der Waals surface area contributed by atoms with Crippen LogP contribution in [0.1, 0.15) is 18.7 Å². The first kappa shape index (κ1) is 20.4. The Morgan fingerprint density at radius 3 is 2.48 bits per heavy atom. The molecule has 6 nitrogen and oxygen atoms in total. The van der Waals surface area contributed by atoms with Crippen molar-refractivity contribution < 1.29 is 4.79 Å². The van der Waals surface area contributed by atoms with Crippen LogP contribution in [0.15, 0.2) is 0 Å². The molecular formula is C12H23Cl2N5OS. The first-order valence-electron chi connectivity index (χ1n) is 6.68. The molecule has 0 aliphatic carbocycles. The van der Waals surface area contributed by atoms with Gasteiger partial charge in [0.1, 0.15) is 5.82 Å². The molecule has 1 aliphatic heterocycles. The molecule has 1 N–H and O–H groups in total. The van der Waals surface area contributed by atoms with E-state index >= 15 is 0 Å². The van der Waals surface area contributed by atoms with Crippen molar-refractivity contribution in [3.63, 3.8) is 0 Å². The maximum atomic E-state index is 12.0. The van der Waals surface area contributed by atoms with Gasteiger partial charge >= 0.3 is 0 Å². The van der Waals surface area contributed by atoms with Crippen LogP contribution in [0.3, 0.4) is 0 Å². The van der Waals surface area contributed by atoms with Crippen LogP contribution in [0.5, 0.6) is 0 Å². The van der Waals surface area contributed by atoms with Gasteiger partial charge in [-0.05, 0) is 26.9 Å². The molecule has 0 unspecified atom stereocenters. The number of piperazine rings is 1. The molecule has 2 heterocycles. The van der Waals surface area contributed by atoms with Gasteiger partial charge in [-0.15, -0.1) is 24.8 Å². The Hall–Kier alpha value is -0.630. The molecule has 0 saturated carbocycles. The summed E-state index contributed by atoms with van der Waals surface area (Å²) in [6.45, 7) is 6.09. The third kappa shape index (κ3) is 5.94. The normalized spacial score (nSPS) is 14.4. The molecule has 0 aromatic carbocycles. The lowest BCUT2D eigenvalue weighted by Crippen LogP contribution is -2.48. The van der Waals surface area contributed by atoms with Crippen molar-refractivity contribution in [1.82, 2.24) is 19.6 Å². The van der Waals surface area contributed by atoms with Crippen molar-refractivity contribution in [2.24, 2.45) is 0 Å². The molecule has 1 aliphatic rings. The van der Waals surface area contributed by atoms with Gasteiger partial charge < -0.3 is 15.1 Å². The van der Waals surface area contributed by atoms with E-state index in [2.05, 4.69) is 19.6 Å².